The first-order chi connectivity index (χ1) is 14.4. The van der Waals surface area contributed by atoms with Crippen LogP contribution in [0.3, 0.4) is 0 Å². The molecule has 8 nitrogen and oxygen atoms in total. The molecule has 0 radical (unpaired) electrons. The normalized spacial score (nSPS) is 14.7. The Bertz CT molecular complexity index is 998. The van der Waals surface area contributed by atoms with E-state index in [0.29, 0.717) is 24.5 Å². The van der Waals surface area contributed by atoms with Crippen LogP contribution in [0, 0.1) is 0 Å². The Balaban J connectivity index is 1.54. The SMILES string of the molecule is COc1cccc(C(=O)OCC(=O)Nc2ccc(S(=O)(=O)N3CCCCC3)cc2)c1. The molecule has 0 saturated carbocycles. The minimum atomic E-state index is -3.52. The second-order valence-electron chi connectivity index (χ2n) is 6.85. The molecule has 2 aromatic rings. The van der Waals surface area contributed by atoms with Crippen molar-refractivity contribution in [2.75, 3.05) is 32.1 Å². The molecule has 1 fully saturated rings. The van der Waals surface area contributed by atoms with Crippen molar-refractivity contribution in [1.29, 1.82) is 0 Å². The van der Waals surface area contributed by atoms with Gasteiger partial charge in [-0.05, 0) is 55.3 Å². The van der Waals surface area contributed by atoms with Crippen LogP contribution in [-0.2, 0) is 19.6 Å². The van der Waals surface area contributed by atoms with Crippen LogP contribution in [-0.4, -0.2) is 51.4 Å². The van der Waals surface area contributed by atoms with Crippen molar-refractivity contribution >= 4 is 27.6 Å². The summed E-state index contributed by atoms with van der Waals surface area (Å²) in [6, 6.07) is 12.4. The Kier molecular flexibility index (Phi) is 7.07. The molecule has 1 amide bonds. The predicted molar refractivity (Wildman–Crippen MR) is 111 cm³/mol. The third-order valence-corrected chi connectivity index (χ3v) is 6.64. The van der Waals surface area contributed by atoms with Crippen LogP contribution >= 0.6 is 0 Å². The zero-order valence-corrected chi connectivity index (χ0v) is 17.5. The number of esters is 1. The number of amides is 1. The van der Waals surface area contributed by atoms with Crippen molar-refractivity contribution in [2.45, 2.75) is 24.2 Å². The second-order valence-corrected chi connectivity index (χ2v) is 8.78. The van der Waals surface area contributed by atoms with Crippen molar-refractivity contribution < 1.29 is 27.5 Å². The molecule has 0 atom stereocenters. The Hall–Kier alpha value is -2.91. The molecule has 1 aliphatic heterocycles. The van der Waals surface area contributed by atoms with Crippen molar-refractivity contribution in [3.05, 3.63) is 54.1 Å². The number of nitrogens with one attached hydrogen (secondary N) is 1. The number of hydrogen-bond acceptors (Lipinski definition) is 6. The number of rotatable bonds is 7. The summed E-state index contributed by atoms with van der Waals surface area (Å²) in [5, 5.41) is 2.58. The highest BCUT2D eigenvalue weighted by Crippen LogP contribution is 2.22. The molecule has 0 aromatic heterocycles. The number of hydrogen-bond donors (Lipinski definition) is 1. The molecular weight excluding hydrogens is 408 g/mol. The van der Waals surface area contributed by atoms with E-state index in [2.05, 4.69) is 5.32 Å². The zero-order valence-electron chi connectivity index (χ0n) is 16.7. The van der Waals surface area contributed by atoms with E-state index in [1.54, 1.807) is 18.2 Å². The van der Waals surface area contributed by atoms with E-state index in [0.717, 1.165) is 19.3 Å². The largest absolute Gasteiger partial charge is 0.497 e. The first-order valence-corrected chi connectivity index (χ1v) is 11.1. The van der Waals surface area contributed by atoms with Gasteiger partial charge in [-0.25, -0.2) is 13.2 Å². The van der Waals surface area contributed by atoms with Gasteiger partial charge in [-0.2, -0.15) is 4.31 Å². The molecule has 3 rings (SSSR count). The van der Waals surface area contributed by atoms with Gasteiger partial charge in [0.2, 0.25) is 10.0 Å². The maximum atomic E-state index is 12.7. The van der Waals surface area contributed by atoms with Gasteiger partial charge in [0.05, 0.1) is 17.6 Å². The number of methoxy groups -OCH3 is 1. The summed E-state index contributed by atoms with van der Waals surface area (Å²) in [4.78, 5) is 24.3. The van der Waals surface area contributed by atoms with Gasteiger partial charge >= 0.3 is 5.97 Å². The fourth-order valence-corrected chi connectivity index (χ4v) is 4.64. The molecule has 0 spiro atoms. The van der Waals surface area contributed by atoms with E-state index in [1.807, 2.05) is 0 Å². The highest BCUT2D eigenvalue weighted by atomic mass is 32.2. The Morgan fingerprint density at radius 3 is 2.40 bits per heavy atom. The molecule has 30 heavy (non-hydrogen) atoms. The quantitative estimate of drug-likeness (QED) is 0.675. The van der Waals surface area contributed by atoms with Crippen LogP contribution in [0.1, 0.15) is 29.6 Å². The number of piperidine rings is 1. The summed E-state index contributed by atoms with van der Waals surface area (Å²) in [6.07, 6.45) is 2.77. The molecule has 0 unspecified atom stereocenters. The topological polar surface area (TPSA) is 102 Å². The van der Waals surface area contributed by atoms with Gasteiger partial charge < -0.3 is 14.8 Å². The number of carbonyl (C=O) groups is 2. The fourth-order valence-electron chi connectivity index (χ4n) is 3.13. The Labute approximate surface area is 175 Å². The molecule has 1 saturated heterocycles. The van der Waals surface area contributed by atoms with E-state index in [9.17, 15) is 18.0 Å². The van der Waals surface area contributed by atoms with Crippen LogP contribution in [0.4, 0.5) is 5.69 Å². The van der Waals surface area contributed by atoms with Crippen molar-refractivity contribution in [1.82, 2.24) is 4.31 Å². The van der Waals surface area contributed by atoms with Crippen LogP contribution in [0.5, 0.6) is 5.75 Å². The maximum Gasteiger partial charge on any atom is 0.338 e. The summed E-state index contributed by atoms with van der Waals surface area (Å²) in [6.45, 7) is 0.586. The average molecular weight is 432 g/mol. The van der Waals surface area contributed by atoms with Gasteiger partial charge in [0.25, 0.3) is 5.91 Å². The van der Waals surface area contributed by atoms with E-state index >= 15 is 0 Å². The number of benzene rings is 2. The van der Waals surface area contributed by atoms with Crippen LogP contribution < -0.4 is 10.1 Å². The monoisotopic (exact) mass is 432 g/mol. The average Bonchev–Trinajstić information content (AvgIpc) is 2.78. The minimum Gasteiger partial charge on any atom is -0.497 e. The molecule has 160 valence electrons. The fraction of sp³-hybridized carbons (Fsp3) is 0.333. The van der Waals surface area contributed by atoms with Crippen LogP contribution in [0.2, 0.25) is 0 Å². The minimum absolute atomic E-state index is 0.187. The van der Waals surface area contributed by atoms with Gasteiger partial charge in [-0.3, -0.25) is 4.79 Å². The molecule has 0 aliphatic carbocycles. The van der Waals surface area contributed by atoms with Crippen molar-refractivity contribution in [3.8, 4) is 5.75 Å². The first-order valence-electron chi connectivity index (χ1n) is 9.61. The third-order valence-electron chi connectivity index (χ3n) is 4.73. The molecule has 1 heterocycles. The van der Waals surface area contributed by atoms with Crippen molar-refractivity contribution in [3.63, 3.8) is 0 Å². The van der Waals surface area contributed by atoms with Crippen molar-refractivity contribution in [2.24, 2.45) is 0 Å². The van der Waals surface area contributed by atoms with Gasteiger partial charge in [-0.15, -0.1) is 0 Å². The molecule has 0 bridgehead atoms. The second kappa shape index (κ2) is 9.73. The summed E-state index contributed by atoms with van der Waals surface area (Å²) >= 11 is 0. The number of ether oxygens (including phenoxy) is 2. The van der Waals surface area contributed by atoms with Gasteiger partial charge in [0.1, 0.15) is 5.75 Å². The number of carbonyl (C=O) groups excluding carboxylic acids is 2. The molecule has 9 heteroatoms. The molecule has 1 N–H and O–H groups in total. The highest BCUT2D eigenvalue weighted by molar-refractivity contribution is 7.89. The summed E-state index contributed by atoms with van der Waals surface area (Å²) < 4.78 is 36.8. The lowest BCUT2D eigenvalue weighted by Gasteiger charge is -2.25. The lowest BCUT2D eigenvalue weighted by atomic mass is 10.2. The number of sulfonamides is 1. The number of nitrogens with zero attached hydrogens (tertiary/aromatic N) is 1. The van der Waals surface area contributed by atoms with Gasteiger partial charge in [0.15, 0.2) is 6.61 Å². The molecular formula is C21H24N2O6S. The van der Waals surface area contributed by atoms with E-state index < -0.39 is 28.5 Å². The summed E-state index contributed by atoms with van der Waals surface area (Å²) in [5.74, 6) is -0.668. The third kappa shape index (κ3) is 5.37. The predicted octanol–water partition coefficient (Wildman–Crippen LogP) is 2.67. The highest BCUT2D eigenvalue weighted by Gasteiger charge is 2.25. The smallest absolute Gasteiger partial charge is 0.338 e. The molecule has 1 aliphatic rings. The standard InChI is InChI=1S/C21H24N2O6S/c1-28-18-7-5-6-16(14-18)21(25)29-15-20(24)22-17-8-10-19(11-9-17)30(26,27)23-12-3-2-4-13-23/h5-11,14H,2-4,12-13,15H2,1H3,(H,22,24). The summed E-state index contributed by atoms with van der Waals surface area (Å²) in [7, 11) is -2.04. The van der Waals surface area contributed by atoms with Gasteiger partial charge in [-0.1, -0.05) is 12.5 Å². The lowest BCUT2D eigenvalue weighted by Crippen LogP contribution is -2.35. The van der Waals surface area contributed by atoms with Gasteiger partial charge in [0, 0.05) is 18.8 Å². The first kappa shape index (κ1) is 21.8. The number of anilines is 1. The summed E-state index contributed by atoms with van der Waals surface area (Å²) in [5.41, 5.74) is 0.685. The Morgan fingerprint density at radius 2 is 1.73 bits per heavy atom. The Morgan fingerprint density at radius 1 is 1.03 bits per heavy atom. The van der Waals surface area contributed by atoms with E-state index in [4.69, 9.17) is 9.47 Å². The molecule has 2 aromatic carbocycles. The van der Waals surface area contributed by atoms with E-state index in [-0.39, 0.29) is 10.5 Å². The van der Waals surface area contributed by atoms with Crippen LogP contribution in [0.15, 0.2) is 53.4 Å². The van der Waals surface area contributed by atoms with E-state index in [1.165, 1.54) is 41.7 Å². The lowest BCUT2D eigenvalue weighted by molar-refractivity contribution is -0.119. The zero-order chi connectivity index (χ0) is 21.6. The van der Waals surface area contributed by atoms with Crippen LogP contribution in [0.25, 0.3) is 0 Å². The maximum absolute atomic E-state index is 12.7.